The summed E-state index contributed by atoms with van der Waals surface area (Å²) in [5.41, 5.74) is 0. The molecule has 0 radical (unpaired) electrons. The molecule has 1 aliphatic heterocycles. The largest absolute Gasteiger partial charge is 0.394 e. The lowest BCUT2D eigenvalue weighted by Crippen LogP contribution is -2.58. The first-order chi connectivity index (χ1) is 9.65. The Morgan fingerprint density at radius 1 is 1.05 bits per heavy atom. The molecule has 0 aromatic rings. The quantitative estimate of drug-likeness (QED) is 0.192. The first kappa shape index (κ1) is 18.3. The molecule has 0 bridgehead atoms. The summed E-state index contributed by atoms with van der Waals surface area (Å²) in [6, 6.07) is 0. The SMILES string of the molecule is CC1OC(CO)C(O)C(OSOOO)C1OSOOO. The minimum Gasteiger partial charge on any atom is -0.394 e. The van der Waals surface area contributed by atoms with E-state index in [9.17, 15) is 5.11 Å². The van der Waals surface area contributed by atoms with Gasteiger partial charge in [-0.3, -0.25) is 8.37 Å². The molecule has 5 atom stereocenters. The third-order valence-electron chi connectivity index (χ3n) is 2.49. The molecule has 0 aromatic heterocycles. The Kier molecular flexibility index (Phi) is 9.21. The van der Waals surface area contributed by atoms with Gasteiger partial charge in [0, 0.05) is 0 Å². The first-order valence-corrected chi connectivity index (χ1v) is 6.53. The van der Waals surface area contributed by atoms with Gasteiger partial charge in [-0.1, -0.05) is 10.1 Å². The summed E-state index contributed by atoms with van der Waals surface area (Å²) in [5.74, 6) is 0. The van der Waals surface area contributed by atoms with Crippen LogP contribution in [0.3, 0.4) is 0 Å². The van der Waals surface area contributed by atoms with Crippen LogP contribution in [0.25, 0.3) is 0 Å². The van der Waals surface area contributed by atoms with Gasteiger partial charge in [-0.05, 0) is 6.92 Å². The third-order valence-corrected chi connectivity index (χ3v) is 3.32. The smallest absolute Gasteiger partial charge is 0.198 e. The molecule has 13 heteroatoms. The minimum atomic E-state index is -1.26. The number of rotatable bonds is 9. The van der Waals surface area contributed by atoms with Crippen LogP contribution < -0.4 is 0 Å². The van der Waals surface area contributed by atoms with Crippen LogP contribution in [0.15, 0.2) is 0 Å². The predicted molar refractivity (Wildman–Crippen MR) is 62.0 cm³/mol. The number of ether oxygens (including phenoxy) is 1. The second kappa shape index (κ2) is 10.1. The fourth-order valence-electron chi connectivity index (χ4n) is 1.65. The molecule has 120 valence electrons. The van der Waals surface area contributed by atoms with Gasteiger partial charge in [0.25, 0.3) is 0 Å². The lowest BCUT2D eigenvalue weighted by molar-refractivity contribution is -0.435. The number of aliphatic hydroxyl groups is 2. The van der Waals surface area contributed by atoms with Crippen molar-refractivity contribution in [1.29, 1.82) is 0 Å². The van der Waals surface area contributed by atoms with Crippen molar-refractivity contribution in [2.45, 2.75) is 37.4 Å². The Labute approximate surface area is 122 Å². The van der Waals surface area contributed by atoms with E-state index in [1.807, 2.05) is 0 Å². The van der Waals surface area contributed by atoms with Crippen LogP contribution in [0.1, 0.15) is 6.92 Å². The van der Waals surface area contributed by atoms with E-state index in [0.29, 0.717) is 0 Å². The van der Waals surface area contributed by atoms with Gasteiger partial charge in [-0.25, -0.2) is 10.5 Å². The molecule has 1 rings (SSSR count). The molecule has 5 unspecified atom stereocenters. The van der Waals surface area contributed by atoms with Crippen molar-refractivity contribution in [3.05, 3.63) is 0 Å². The highest BCUT2D eigenvalue weighted by molar-refractivity contribution is 7.90. The first-order valence-electron chi connectivity index (χ1n) is 5.20. The van der Waals surface area contributed by atoms with E-state index in [2.05, 4.69) is 18.7 Å². The highest BCUT2D eigenvalue weighted by atomic mass is 32.2. The maximum absolute atomic E-state index is 9.98. The maximum atomic E-state index is 9.98. The highest BCUT2D eigenvalue weighted by Crippen LogP contribution is 2.31. The molecule has 0 saturated carbocycles. The molecule has 11 nitrogen and oxygen atoms in total. The molecule has 1 aliphatic rings. The van der Waals surface area contributed by atoms with E-state index in [-0.39, 0.29) is 24.6 Å². The van der Waals surface area contributed by atoms with Gasteiger partial charge in [0.2, 0.25) is 0 Å². The Balaban J connectivity index is 2.63. The summed E-state index contributed by atoms with van der Waals surface area (Å²) in [6.45, 7) is 1.16. The van der Waals surface area contributed by atoms with E-state index < -0.39 is 37.1 Å². The number of hydrogen-bond acceptors (Lipinski definition) is 13. The van der Waals surface area contributed by atoms with Gasteiger partial charge in [0.1, 0.15) is 24.4 Å². The average Bonchev–Trinajstić information content (AvgIpc) is 2.45. The minimum absolute atomic E-state index is 0.241. The van der Waals surface area contributed by atoms with Gasteiger partial charge < -0.3 is 14.9 Å². The number of aliphatic hydroxyl groups excluding tert-OH is 2. The van der Waals surface area contributed by atoms with Crippen LogP contribution in [0.4, 0.5) is 0 Å². The topological polar surface area (TPSA) is 146 Å². The second-order valence-electron chi connectivity index (χ2n) is 3.60. The van der Waals surface area contributed by atoms with E-state index in [1.54, 1.807) is 6.92 Å². The van der Waals surface area contributed by atoms with E-state index >= 15 is 0 Å². The zero-order valence-electron chi connectivity index (χ0n) is 10.1. The molecule has 20 heavy (non-hydrogen) atoms. The molecular formula is C7H14O11S2. The maximum Gasteiger partial charge on any atom is 0.198 e. The molecule has 0 spiro atoms. The van der Waals surface area contributed by atoms with Crippen LogP contribution in [0.2, 0.25) is 0 Å². The standard InChI is InChI=1S/C7H14O11S2/c1-3-6(13-19-17-15-10)7(14-20-18-16-11)5(9)4(2-8)12-3/h3-11H,2H2,1H3. The van der Waals surface area contributed by atoms with Crippen molar-refractivity contribution in [1.82, 2.24) is 0 Å². The normalized spacial score (nSPS) is 34.4. The summed E-state index contributed by atoms with van der Waals surface area (Å²) in [7, 11) is 0. The van der Waals surface area contributed by atoms with Gasteiger partial charge in [0.05, 0.1) is 12.7 Å². The highest BCUT2D eigenvalue weighted by Gasteiger charge is 2.46. The Morgan fingerprint density at radius 3 is 2.10 bits per heavy atom. The van der Waals surface area contributed by atoms with Crippen LogP contribution in [-0.4, -0.2) is 57.9 Å². The summed E-state index contributed by atoms with van der Waals surface area (Å²) >= 11 is 0.522. The van der Waals surface area contributed by atoms with E-state index in [4.69, 9.17) is 28.7 Å². The van der Waals surface area contributed by atoms with Crippen LogP contribution in [-0.2, 0) is 31.8 Å². The molecular weight excluding hydrogens is 324 g/mol. The van der Waals surface area contributed by atoms with Crippen molar-refractivity contribution in [3.8, 4) is 0 Å². The Morgan fingerprint density at radius 2 is 1.60 bits per heavy atom. The summed E-state index contributed by atoms with van der Waals surface area (Å²) in [6.07, 6.45) is -4.66. The zero-order chi connectivity index (χ0) is 15.0. The average molecular weight is 338 g/mol. The molecule has 1 saturated heterocycles. The van der Waals surface area contributed by atoms with Crippen molar-refractivity contribution in [2.24, 2.45) is 0 Å². The summed E-state index contributed by atoms with van der Waals surface area (Å²) < 4.78 is 23.6. The van der Waals surface area contributed by atoms with Gasteiger partial charge in [-0.2, -0.15) is 0 Å². The molecule has 1 heterocycles. The van der Waals surface area contributed by atoms with Crippen LogP contribution in [0.5, 0.6) is 0 Å². The molecule has 0 aliphatic carbocycles. The van der Waals surface area contributed by atoms with Gasteiger partial charge in [0.15, 0.2) is 24.6 Å². The summed E-state index contributed by atoms with van der Waals surface area (Å²) in [4.78, 5) is 0. The van der Waals surface area contributed by atoms with Crippen molar-refractivity contribution in [3.63, 3.8) is 0 Å². The van der Waals surface area contributed by atoms with Gasteiger partial charge in [-0.15, -0.1) is 8.67 Å². The molecule has 0 amide bonds. The monoisotopic (exact) mass is 338 g/mol. The van der Waals surface area contributed by atoms with Gasteiger partial charge >= 0.3 is 0 Å². The van der Waals surface area contributed by atoms with Crippen molar-refractivity contribution in [2.75, 3.05) is 6.61 Å². The van der Waals surface area contributed by atoms with E-state index in [0.717, 1.165) is 0 Å². The third kappa shape index (κ3) is 5.23. The zero-order valence-corrected chi connectivity index (χ0v) is 11.7. The Hall–Kier alpha value is 0.260. The lowest BCUT2D eigenvalue weighted by Gasteiger charge is -2.41. The Bertz CT molecular complexity index is 259. The summed E-state index contributed by atoms with van der Waals surface area (Å²) in [5, 5.41) is 41.8. The van der Waals surface area contributed by atoms with Crippen LogP contribution in [0, 0.1) is 0 Å². The number of hydrogen-bond donors (Lipinski definition) is 4. The van der Waals surface area contributed by atoms with E-state index in [1.165, 1.54) is 0 Å². The fraction of sp³-hybridized carbons (Fsp3) is 1.00. The van der Waals surface area contributed by atoms with Crippen LogP contribution >= 0.6 is 24.6 Å². The van der Waals surface area contributed by atoms with Crippen molar-refractivity contribution < 1.29 is 52.6 Å². The molecule has 0 aromatic carbocycles. The molecule has 1 fully saturated rings. The lowest BCUT2D eigenvalue weighted by atomic mass is 9.96. The van der Waals surface area contributed by atoms with Crippen molar-refractivity contribution >= 4 is 24.6 Å². The molecule has 4 N–H and O–H groups in total. The predicted octanol–water partition coefficient (Wildman–Crippen LogP) is -0.134. The second-order valence-corrected chi connectivity index (χ2v) is 4.52. The fourth-order valence-corrected chi connectivity index (χ4v) is 2.43.